The van der Waals surface area contributed by atoms with E-state index in [0.717, 1.165) is 38.7 Å². The quantitative estimate of drug-likeness (QED) is 0.205. The summed E-state index contributed by atoms with van der Waals surface area (Å²) < 4.78 is 10.2. The number of fused-ring (bicyclic) bond motifs is 3. The van der Waals surface area contributed by atoms with Crippen molar-refractivity contribution in [3.05, 3.63) is 69.8 Å². The lowest BCUT2D eigenvalue weighted by Crippen LogP contribution is -2.35. The second-order valence-corrected chi connectivity index (χ2v) is 12.2. The Labute approximate surface area is 243 Å². The fourth-order valence-electron chi connectivity index (χ4n) is 4.85. The van der Waals surface area contributed by atoms with E-state index in [1.54, 1.807) is 17.0 Å². The van der Waals surface area contributed by atoms with Gasteiger partial charge in [-0.3, -0.25) is 14.1 Å². The molecule has 6 rings (SSSR count). The summed E-state index contributed by atoms with van der Waals surface area (Å²) >= 11 is 16.7. The van der Waals surface area contributed by atoms with E-state index in [0.29, 0.717) is 34.4 Å². The predicted octanol–water partition coefficient (Wildman–Crippen LogP) is 7.66. The number of ether oxygens (including phenoxy) is 1. The third-order valence-corrected chi connectivity index (χ3v) is 8.10. The third-order valence-electron chi connectivity index (χ3n) is 6.72. The minimum Gasteiger partial charge on any atom is -0.444 e. The van der Waals surface area contributed by atoms with Gasteiger partial charge in [0.25, 0.3) is 0 Å². The van der Waals surface area contributed by atoms with Crippen molar-refractivity contribution in [3.8, 4) is 22.4 Å². The molecule has 0 radical (unpaired) electrons. The average molecular weight is 628 g/mol. The zero-order valence-corrected chi connectivity index (χ0v) is 24.6. The Balaban J connectivity index is 1.33. The van der Waals surface area contributed by atoms with Gasteiger partial charge in [-0.2, -0.15) is 5.10 Å². The summed E-state index contributed by atoms with van der Waals surface area (Å²) in [6.07, 6.45) is 8.11. The molecular formula is C28H25BrCl2N6O2. The molecule has 0 unspecified atom stereocenters. The molecule has 0 N–H and O–H groups in total. The third kappa shape index (κ3) is 4.88. The molecule has 1 fully saturated rings. The van der Waals surface area contributed by atoms with Crippen LogP contribution < -0.4 is 0 Å². The van der Waals surface area contributed by atoms with Crippen LogP contribution >= 0.6 is 39.1 Å². The van der Waals surface area contributed by atoms with Crippen molar-refractivity contribution in [2.24, 2.45) is 0 Å². The summed E-state index contributed by atoms with van der Waals surface area (Å²) in [4.78, 5) is 23.9. The van der Waals surface area contributed by atoms with Crippen LogP contribution in [0.15, 0.2) is 59.7 Å². The number of carbonyl (C=O) groups is 1. The minimum absolute atomic E-state index is 0.0811. The lowest BCUT2D eigenvalue weighted by Gasteiger charge is -2.24. The number of hydrogen-bond acceptors (Lipinski definition) is 5. The van der Waals surface area contributed by atoms with Crippen molar-refractivity contribution < 1.29 is 9.53 Å². The molecule has 0 saturated carbocycles. The lowest BCUT2D eigenvalue weighted by molar-refractivity contribution is 0.0288. The van der Waals surface area contributed by atoms with Gasteiger partial charge in [0.15, 0.2) is 0 Å². The highest BCUT2D eigenvalue weighted by molar-refractivity contribution is 9.10. The van der Waals surface area contributed by atoms with Crippen LogP contribution in [0.3, 0.4) is 0 Å². The van der Waals surface area contributed by atoms with Crippen LogP contribution in [0.25, 0.3) is 38.9 Å². The Hall–Kier alpha value is -3.14. The molecule has 8 nitrogen and oxygen atoms in total. The maximum Gasteiger partial charge on any atom is 0.410 e. The topological polar surface area (TPSA) is 77.5 Å². The number of halogens is 3. The summed E-state index contributed by atoms with van der Waals surface area (Å²) in [5.74, 6) is 0. The molecule has 1 aromatic carbocycles. The second kappa shape index (κ2) is 9.80. The molecule has 5 heterocycles. The van der Waals surface area contributed by atoms with Crippen molar-refractivity contribution in [1.29, 1.82) is 0 Å². The Bertz CT molecular complexity index is 1720. The molecule has 11 heteroatoms. The highest BCUT2D eigenvalue weighted by atomic mass is 79.9. The van der Waals surface area contributed by atoms with Gasteiger partial charge in [0.05, 0.1) is 27.8 Å². The molecular weight excluding hydrogens is 603 g/mol. The number of likely N-dealkylation sites (tertiary alicyclic amines) is 1. The monoisotopic (exact) mass is 626 g/mol. The maximum atomic E-state index is 12.5. The molecule has 0 bridgehead atoms. The van der Waals surface area contributed by atoms with Crippen molar-refractivity contribution in [2.75, 3.05) is 13.1 Å². The van der Waals surface area contributed by atoms with Crippen molar-refractivity contribution in [1.82, 2.24) is 29.0 Å². The van der Waals surface area contributed by atoms with Crippen LogP contribution in [-0.2, 0) is 4.74 Å². The first-order valence-corrected chi connectivity index (χ1v) is 14.1. The van der Waals surface area contributed by atoms with E-state index >= 15 is 0 Å². The SMILES string of the molecule is CC(C)(C)OC(=O)N1CC[C@H](n2cc(-c3cnc4ccn5c(Br)c(-c6c(Cl)cccc6Cl)nc5c4c3)cn2)C1. The summed E-state index contributed by atoms with van der Waals surface area (Å²) in [5, 5.41) is 6.55. The highest BCUT2D eigenvalue weighted by Crippen LogP contribution is 2.39. The molecule has 1 aliphatic rings. The predicted molar refractivity (Wildman–Crippen MR) is 156 cm³/mol. The van der Waals surface area contributed by atoms with Crippen molar-refractivity contribution >= 4 is 61.8 Å². The average Bonchev–Trinajstić information content (AvgIpc) is 3.62. The number of carbonyl (C=O) groups excluding carboxylic acids is 1. The van der Waals surface area contributed by atoms with Gasteiger partial charge in [0.1, 0.15) is 21.5 Å². The molecule has 1 saturated heterocycles. The van der Waals surface area contributed by atoms with Crippen LogP contribution in [0.2, 0.25) is 10.0 Å². The van der Waals surface area contributed by atoms with Crippen LogP contribution in [0.5, 0.6) is 0 Å². The van der Waals surface area contributed by atoms with Crippen molar-refractivity contribution in [2.45, 2.75) is 38.8 Å². The summed E-state index contributed by atoms with van der Waals surface area (Å²) in [6, 6.07) is 9.50. The zero-order chi connectivity index (χ0) is 27.5. The molecule has 200 valence electrons. The van der Waals surface area contributed by atoms with Gasteiger partial charge in [-0.25, -0.2) is 9.78 Å². The van der Waals surface area contributed by atoms with Gasteiger partial charge in [-0.15, -0.1) is 0 Å². The largest absolute Gasteiger partial charge is 0.444 e. The Morgan fingerprint density at radius 2 is 1.90 bits per heavy atom. The fourth-order valence-corrected chi connectivity index (χ4v) is 6.00. The van der Waals surface area contributed by atoms with Crippen molar-refractivity contribution in [3.63, 3.8) is 0 Å². The molecule has 0 aliphatic carbocycles. The first kappa shape index (κ1) is 26.1. The van der Waals surface area contributed by atoms with E-state index in [1.807, 2.05) is 66.8 Å². The first-order chi connectivity index (χ1) is 18.6. The summed E-state index contributed by atoms with van der Waals surface area (Å²) in [6.45, 7) is 6.81. The summed E-state index contributed by atoms with van der Waals surface area (Å²) in [5.41, 5.74) is 4.21. The number of benzene rings is 1. The number of amides is 1. The number of aromatic nitrogens is 5. The molecule has 0 spiro atoms. The highest BCUT2D eigenvalue weighted by Gasteiger charge is 2.31. The number of pyridine rings is 2. The van der Waals surface area contributed by atoms with E-state index < -0.39 is 5.60 Å². The molecule has 4 aromatic heterocycles. The van der Waals surface area contributed by atoms with Gasteiger partial charge in [-0.1, -0.05) is 29.3 Å². The number of rotatable bonds is 3. The Morgan fingerprint density at radius 1 is 1.13 bits per heavy atom. The van der Waals surface area contributed by atoms with Gasteiger partial charge >= 0.3 is 6.09 Å². The smallest absolute Gasteiger partial charge is 0.410 e. The second-order valence-electron chi connectivity index (χ2n) is 10.6. The minimum atomic E-state index is -0.520. The zero-order valence-electron chi connectivity index (χ0n) is 21.5. The Kier molecular flexibility index (Phi) is 6.56. The fraction of sp³-hybridized carbons (Fsp3) is 0.286. The van der Waals surface area contributed by atoms with E-state index in [-0.39, 0.29) is 12.1 Å². The van der Waals surface area contributed by atoms with Crippen LogP contribution in [0.4, 0.5) is 4.79 Å². The summed E-state index contributed by atoms with van der Waals surface area (Å²) in [7, 11) is 0. The molecule has 39 heavy (non-hydrogen) atoms. The van der Waals surface area contributed by atoms with E-state index in [4.69, 9.17) is 37.9 Å². The normalized spacial score (nSPS) is 15.9. The van der Waals surface area contributed by atoms with E-state index in [1.165, 1.54) is 0 Å². The standard InChI is InChI=1S/C28H25BrCl2N6O2/c1-28(2,3)39-27(38)35-9-7-18(15-35)37-14-17(13-33-37)16-11-19-22(32-12-16)8-10-36-25(29)24(34-26(19)36)23-20(30)5-4-6-21(23)31/h4-6,8,10-14,18H,7,9,15H2,1-3H3/t18-/m0/s1. The maximum absolute atomic E-state index is 12.5. The van der Waals surface area contributed by atoms with Gasteiger partial charge in [-0.05, 0) is 67.4 Å². The number of hydrogen-bond donors (Lipinski definition) is 0. The van der Waals surface area contributed by atoms with Crippen LogP contribution in [0, 0.1) is 0 Å². The molecule has 1 atom stereocenters. The number of nitrogens with zero attached hydrogens (tertiary/aromatic N) is 6. The van der Waals surface area contributed by atoms with E-state index in [9.17, 15) is 4.79 Å². The van der Waals surface area contributed by atoms with Gasteiger partial charge in [0, 0.05) is 53.8 Å². The molecule has 1 amide bonds. The Morgan fingerprint density at radius 3 is 2.64 bits per heavy atom. The first-order valence-electron chi connectivity index (χ1n) is 12.5. The molecule has 5 aromatic rings. The molecule has 1 aliphatic heterocycles. The van der Waals surface area contributed by atoms with Crippen LogP contribution in [0.1, 0.15) is 33.2 Å². The number of imidazole rings is 1. The lowest BCUT2D eigenvalue weighted by atomic mass is 10.1. The van der Waals surface area contributed by atoms with Gasteiger partial charge in [0.2, 0.25) is 0 Å². The van der Waals surface area contributed by atoms with Gasteiger partial charge < -0.3 is 9.64 Å². The van der Waals surface area contributed by atoms with E-state index in [2.05, 4.69) is 27.1 Å². The van der Waals surface area contributed by atoms with Crippen LogP contribution in [-0.4, -0.2) is 53.8 Å².